The van der Waals surface area contributed by atoms with E-state index in [-0.39, 0.29) is 32.3 Å². The Kier molecular flexibility index (Phi) is 10.3. The third-order valence-corrected chi connectivity index (χ3v) is 6.14. The summed E-state index contributed by atoms with van der Waals surface area (Å²) in [4.78, 5) is 25.8. The van der Waals surface area contributed by atoms with Crippen molar-refractivity contribution in [1.82, 2.24) is 0 Å². The van der Waals surface area contributed by atoms with Crippen LogP contribution < -0.4 is 0 Å². The van der Waals surface area contributed by atoms with Crippen molar-refractivity contribution in [3.05, 3.63) is 11.4 Å². The Labute approximate surface area is 201 Å². The van der Waals surface area contributed by atoms with E-state index in [1.54, 1.807) is 6.92 Å². The lowest BCUT2D eigenvalue weighted by molar-refractivity contribution is -0.148. The second-order valence-electron chi connectivity index (χ2n) is 7.42. The minimum Gasteiger partial charge on any atom is -0.463 e. The Morgan fingerprint density at radius 1 is 1.15 bits per heavy atom. The van der Waals surface area contributed by atoms with Gasteiger partial charge in [0.2, 0.25) is 6.54 Å². The Morgan fingerprint density at radius 3 is 2.48 bits per heavy atom. The minimum atomic E-state index is -2.14. The van der Waals surface area contributed by atoms with E-state index in [0.29, 0.717) is 0 Å². The second-order valence-corrected chi connectivity index (χ2v) is 8.59. The first-order valence-electron chi connectivity index (χ1n) is 11.4. The van der Waals surface area contributed by atoms with E-state index in [9.17, 15) is 9.59 Å². The fourth-order valence-electron chi connectivity index (χ4n) is 3.34. The van der Waals surface area contributed by atoms with Gasteiger partial charge in [0.25, 0.3) is 7.98 Å². The van der Waals surface area contributed by atoms with Gasteiger partial charge in [0.15, 0.2) is 0 Å². The van der Waals surface area contributed by atoms with E-state index in [2.05, 4.69) is 4.85 Å². The zero-order valence-corrected chi connectivity index (χ0v) is 19.6. The molecule has 4 radical (unpaired) electrons. The third kappa shape index (κ3) is 8.21. The van der Waals surface area contributed by atoms with Crippen molar-refractivity contribution in [2.75, 3.05) is 26.4 Å². The molecule has 0 amide bonds. The van der Waals surface area contributed by atoms with Gasteiger partial charge in [0.1, 0.15) is 47.2 Å². The first-order chi connectivity index (χ1) is 16.5. The molecule has 15 heteroatoms. The van der Waals surface area contributed by atoms with Crippen molar-refractivity contribution in [3.63, 3.8) is 0 Å². The number of hydrogen-bond acceptors (Lipinski definition) is 10. The molecule has 2 aliphatic rings. The topological polar surface area (TPSA) is 112 Å². The van der Waals surface area contributed by atoms with Gasteiger partial charge in [-0.15, -0.1) is 0 Å². The van der Waals surface area contributed by atoms with E-state index in [1.807, 2.05) is 0 Å². The average molecular weight is 484 g/mol. The molecule has 178 valence electrons. The molecule has 0 aromatic carbocycles. The van der Waals surface area contributed by atoms with Crippen molar-refractivity contribution < 1.29 is 46.8 Å². The van der Waals surface area contributed by atoms with Gasteiger partial charge in [-0.25, -0.2) is 6.57 Å². The Bertz CT molecular complexity index is 754. The summed E-state index contributed by atoms with van der Waals surface area (Å²) < 4.78 is 58.9. The molecule has 3 unspecified atom stereocenters. The predicted octanol–water partition coefficient (Wildman–Crippen LogP) is -0.598. The van der Waals surface area contributed by atoms with Gasteiger partial charge in [-0.2, -0.15) is 0 Å². The molecule has 0 saturated carbocycles. The Hall–Kier alpha value is -1.19. The van der Waals surface area contributed by atoms with Crippen LogP contribution in [0, 0.1) is 12.5 Å². The van der Waals surface area contributed by atoms with E-state index >= 15 is 0 Å². The van der Waals surface area contributed by atoms with Crippen molar-refractivity contribution >= 4 is 44.2 Å². The first kappa shape index (κ1) is 24.9. The van der Waals surface area contributed by atoms with Crippen LogP contribution in [0.4, 0.5) is 0 Å². The maximum Gasteiger partial charge on any atom is 0.333 e. The number of nitrogens with zero attached hydrogens (tertiary/aromatic N) is 1. The van der Waals surface area contributed by atoms with Gasteiger partial charge in [-0.1, -0.05) is 6.92 Å². The molecule has 0 aromatic heterocycles. The van der Waals surface area contributed by atoms with Crippen LogP contribution in [0.3, 0.4) is 0 Å². The molecule has 0 N–H and O–H groups in total. The molecule has 0 bridgehead atoms. The first-order valence-corrected chi connectivity index (χ1v) is 11.3. The highest BCUT2D eigenvalue weighted by Crippen LogP contribution is 2.45. The number of hydrogen-bond donors (Lipinski definition) is 0. The summed E-state index contributed by atoms with van der Waals surface area (Å²) in [5, 5.41) is 0. The van der Waals surface area contributed by atoms with Gasteiger partial charge in [0, 0.05) is 28.4 Å². The number of carbonyl (C=O) groups excluding carboxylic acids is 2. The standard InChI is InChI=1S/C18H27B3NO10P/c1-9-12(29-17(19)14(9)28-11(3)24)8-27-33(26-6-5-22-4)32-15-13(7-25-10(2)23)30-18(20)16(15)31-21/h9,12-18H,5-8,21H2,1-3H3/t9?,12-,13-,14+,15?,16+,17-,18-,33?/m1/s1/i21TD. The zero-order valence-electron chi connectivity index (χ0n) is 20.7. The van der Waals surface area contributed by atoms with Crippen LogP contribution in [0.2, 0.25) is 0 Å². The predicted molar refractivity (Wildman–Crippen MR) is 119 cm³/mol. The molecular formula is C18H27B3NO10P. The molecule has 2 heterocycles. The SMILES string of the molecule is [2H]B([3H])O[C@H]1C(OP(OCC[N+]#[C-])OC[C@H]2O[C@@H]([B])[C@@H](OC(C)=O)C2C)[C@@H](COC(C)=O)O[C@H]1[B]. The largest absolute Gasteiger partial charge is 0.463 e. The van der Waals surface area contributed by atoms with Gasteiger partial charge in [-0.3, -0.25) is 9.59 Å². The second kappa shape index (κ2) is 13.6. The number of rotatable bonds is 13. The maximum atomic E-state index is 11.3. The summed E-state index contributed by atoms with van der Waals surface area (Å²) in [7, 11) is 8.06. The average Bonchev–Trinajstić information content (AvgIpc) is 3.20. The van der Waals surface area contributed by atoms with Gasteiger partial charge in [-0.05, 0) is 0 Å². The third-order valence-electron chi connectivity index (χ3n) is 4.97. The highest BCUT2D eigenvalue weighted by Gasteiger charge is 2.46. The van der Waals surface area contributed by atoms with Crippen LogP contribution in [0.25, 0.3) is 4.85 Å². The van der Waals surface area contributed by atoms with Gasteiger partial charge >= 0.3 is 20.5 Å². The molecule has 2 aliphatic heterocycles. The minimum absolute atomic E-state index is 0.00878. The molecule has 33 heavy (non-hydrogen) atoms. The van der Waals surface area contributed by atoms with Crippen LogP contribution in [-0.4, -0.2) is 107 Å². The van der Waals surface area contributed by atoms with Gasteiger partial charge in [0.05, 0.1) is 24.8 Å². The monoisotopic (exact) mass is 484 g/mol. The van der Waals surface area contributed by atoms with Crippen LogP contribution >= 0.6 is 8.60 Å². The molecule has 2 rings (SSSR count). The molecule has 2 fully saturated rings. The highest BCUT2D eigenvalue weighted by molar-refractivity contribution is 7.41. The molecule has 0 spiro atoms. The van der Waals surface area contributed by atoms with Crippen LogP contribution in [0.5, 0.6) is 0 Å². The van der Waals surface area contributed by atoms with E-state index in [4.69, 9.17) is 62.1 Å². The van der Waals surface area contributed by atoms with E-state index in [1.165, 1.54) is 13.8 Å². The summed E-state index contributed by atoms with van der Waals surface area (Å²) in [5.41, 5.74) is 0. The Balaban J connectivity index is 2.10. The number of esters is 2. The smallest absolute Gasteiger partial charge is 0.333 e. The molecule has 2 saturated heterocycles. The van der Waals surface area contributed by atoms with Crippen LogP contribution in [0.15, 0.2) is 0 Å². The normalized spacial score (nSPS) is 35.2. The molecule has 0 aliphatic carbocycles. The van der Waals surface area contributed by atoms with E-state index in [0.717, 1.165) is 0 Å². The van der Waals surface area contributed by atoms with Crippen LogP contribution in [0.1, 0.15) is 20.8 Å². The molecule has 11 nitrogen and oxygen atoms in total. The summed E-state index contributed by atoms with van der Waals surface area (Å²) in [5.74, 6) is -1.33. The molecular weight excluding hydrogens is 454 g/mol. The summed E-state index contributed by atoms with van der Waals surface area (Å²) >= 11 is 0. The number of ether oxygens (including phenoxy) is 4. The maximum absolute atomic E-state index is 11.3. The summed E-state index contributed by atoms with van der Waals surface area (Å²) in [6.07, 6.45) is -4.17. The fraction of sp³-hybridized carbons (Fsp3) is 0.833. The van der Waals surface area contributed by atoms with Crippen molar-refractivity contribution in [1.29, 1.82) is 2.67 Å². The molecule has 9 atom stereocenters. The lowest BCUT2D eigenvalue weighted by atomic mass is 9.88. The molecule has 0 aromatic rings. The fourth-order valence-corrected chi connectivity index (χ4v) is 4.49. The van der Waals surface area contributed by atoms with Gasteiger partial charge < -0.3 is 42.0 Å². The lowest BCUT2D eigenvalue weighted by Crippen LogP contribution is -2.38. The van der Waals surface area contributed by atoms with Crippen LogP contribution in [-0.2, 0) is 46.8 Å². The highest BCUT2D eigenvalue weighted by atomic mass is 31.2. The number of carbonyl (C=O) groups is 2. The van der Waals surface area contributed by atoms with Crippen molar-refractivity contribution in [2.24, 2.45) is 5.92 Å². The lowest BCUT2D eigenvalue weighted by Gasteiger charge is -2.27. The summed E-state index contributed by atoms with van der Waals surface area (Å²) in [6.45, 7) is 11.0. The van der Waals surface area contributed by atoms with Crippen molar-refractivity contribution in [3.8, 4) is 0 Å². The summed E-state index contributed by atoms with van der Waals surface area (Å²) in [6, 6.07) is -1.91. The Morgan fingerprint density at radius 2 is 1.85 bits per heavy atom. The quantitative estimate of drug-likeness (QED) is 0.111. The van der Waals surface area contributed by atoms with Crippen molar-refractivity contribution in [2.45, 2.75) is 63.3 Å². The van der Waals surface area contributed by atoms with E-state index < -0.39 is 71.0 Å². The zero-order chi connectivity index (χ0) is 26.1.